The first-order chi connectivity index (χ1) is 5.47. The number of hydrogen-bond donors (Lipinski definition) is 1. The van der Waals surface area contributed by atoms with E-state index in [4.69, 9.17) is 16.8 Å². The minimum absolute atomic E-state index is 0.224. The highest BCUT2D eigenvalue weighted by Crippen LogP contribution is 2.36. The van der Waals surface area contributed by atoms with Gasteiger partial charge in [-0.15, -0.1) is 11.6 Å². The van der Waals surface area contributed by atoms with Crippen LogP contribution in [0.3, 0.4) is 0 Å². The first-order valence-electron chi connectivity index (χ1n) is 4.05. The summed E-state index contributed by atoms with van der Waals surface area (Å²) in [4.78, 5) is -0.565. The van der Waals surface area contributed by atoms with Crippen molar-refractivity contribution in [3.05, 3.63) is 12.2 Å². The van der Waals surface area contributed by atoms with Crippen LogP contribution in [0.2, 0.25) is 0 Å². The van der Waals surface area contributed by atoms with Crippen molar-refractivity contribution in [3.8, 4) is 0 Å². The van der Waals surface area contributed by atoms with E-state index in [0.29, 0.717) is 0 Å². The fourth-order valence-corrected chi connectivity index (χ4v) is 1.45. The molecule has 3 heteroatoms. The van der Waals surface area contributed by atoms with Crippen LogP contribution in [0.4, 0.5) is 0 Å². The second kappa shape index (κ2) is 3.09. The van der Waals surface area contributed by atoms with Crippen molar-refractivity contribution in [1.29, 1.82) is 0 Å². The molecule has 1 rings (SSSR count). The van der Waals surface area contributed by atoms with Gasteiger partial charge < -0.3 is 5.21 Å². The zero-order chi connectivity index (χ0) is 9.24. The first-order valence-corrected chi connectivity index (χ1v) is 4.43. The van der Waals surface area contributed by atoms with E-state index in [-0.39, 0.29) is 5.41 Å². The van der Waals surface area contributed by atoms with Gasteiger partial charge in [0.05, 0.1) is 6.21 Å². The number of halogens is 1. The molecule has 0 fully saturated rings. The molecule has 0 amide bonds. The zero-order valence-electron chi connectivity index (χ0n) is 7.42. The third-order valence-corrected chi connectivity index (χ3v) is 2.65. The van der Waals surface area contributed by atoms with Crippen LogP contribution in [0.15, 0.2) is 17.3 Å². The van der Waals surface area contributed by atoms with Crippen molar-refractivity contribution in [3.63, 3.8) is 0 Å². The maximum atomic E-state index is 8.36. The molecule has 0 aliphatic heterocycles. The molecule has 1 atom stereocenters. The van der Waals surface area contributed by atoms with Crippen molar-refractivity contribution < 1.29 is 5.21 Å². The number of rotatable bonds is 1. The predicted octanol–water partition coefficient (Wildman–Crippen LogP) is 2.80. The Morgan fingerprint density at radius 2 is 2.08 bits per heavy atom. The van der Waals surface area contributed by atoms with Crippen LogP contribution >= 0.6 is 11.6 Å². The Balaban J connectivity index is 2.76. The van der Waals surface area contributed by atoms with Crippen LogP contribution in [-0.2, 0) is 0 Å². The molecule has 2 nitrogen and oxygen atoms in total. The summed E-state index contributed by atoms with van der Waals surface area (Å²) in [6, 6.07) is 0. The Morgan fingerprint density at radius 3 is 2.50 bits per heavy atom. The number of oxime groups is 1. The van der Waals surface area contributed by atoms with Gasteiger partial charge in [0.2, 0.25) is 0 Å². The molecule has 1 N–H and O–H groups in total. The Morgan fingerprint density at radius 1 is 1.42 bits per heavy atom. The summed E-state index contributed by atoms with van der Waals surface area (Å²) in [5.41, 5.74) is 0.224. The monoisotopic (exact) mass is 187 g/mol. The van der Waals surface area contributed by atoms with Gasteiger partial charge in [-0.1, -0.05) is 31.2 Å². The van der Waals surface area contributed by atoms with Gasteiger partial charge >= 0.3 is 0 Å². The standard InChI is InChI=1S/C9H14ClNO/c1-8(2)3-5-9(10,6-4-8)7-11-12/h3,5,7,12H,4,6H2,1-2H3. The Hall–Kier alpha value is -0.500. The van der Waals surface area contributed by atoms with E-state index in [0.717, 1.165) is 12.8 Å². The highest BCUT2D eigenvalue weighted by molar-refractivity contribution is 6.33. The number of allylic oxidation sites excluding steroid dienone is 2. The van der Waals surface area contributed by atoms with Crippen molar-refractivity contribution in [1.82, 2.24) is 0 Å². The van der Waals surface area contributed by atoms with Gasteiger partial charge in [-0.3, -0.25) is 0 Å². The van der Waals surface area contributed by atoms with Crippen LogP contribution in [0, 0.1) is 5.41 Å². The molecule has 0 saturated heterocycles. The summed E-state index contributed by atoms with van der Waals surface area (Å²) in [5.74, 6) is 0. The van der Waals surface area contributed by atoms with E-state index in [1.165, 1.54) is 6.21 Å². The van der Waals surface area contributed by atoms with E-state index < -0.39 is 4.87 Å². The number of hydrogen-bond acceptors (Lipinski definition) is 2. The van der Waals surface area contributed by atoms with Gasteiger partial charge in [0.25, 0.3) is 0 Å². The average Bonchev–Trinajstić information content (AvgIpc) is 1.98. The lowest BCUT2D eigenvalue weighted by Gasteiger charge is -2.31. The van der Waals surface area contributed by atoms with Crippen LogP contribution in [0.25, 0.3) is 0 Å². The molecule has 1 aliphatic carbocycles. The van der Waals surface area contributed by atoms with Crippen LogP contribution in [0.1, 0.15) is 26.7 Å². The molecule has 0 radical (unpaired) electrons. The van der Waals surface area contributed by atoms with E-state index in [2.05, 4.69) is 25.1 Å². The second-order valence-corrected chi connectivity index (χ2v) is 4.70. The highest BCUT2D eigenvalue weighted by Gasteiger charge is 2.30. The normalized spacial score (nSPS) is 34.2. The van der Waals surface area contributed by atoms with Gasteiger partial charge in [0, 0.05) is 0 Å². The fraction of sp³-hybridized carbons (Fsp3) is 0.667. The molecule has 0 aromatic heterocycles. The summed E-state index contributed by atoms with van der Waals surface area (Å²) in [7, 11) is 0. The largest absolute Gasteiger partial charge is 0.411 e. The molecule has 1 unspecified atom stereocenters. The minimum atomic E-state index is -0.565. The summed E-state index contributed by atoms with van der Waals surface area (Å²) in [6.07, 6.45) is 7.18. The topological polar surface area (TPSA) is 32.6 Å². The fourth-order valence-electron chi connectivity index (χ4n) is 1.25. The van der Waals surface area contributed by atoms with Crippen molar-refractivity contribution in [2.24, 2.45) is 10.6 Å². The molecule has 0 heterocycles. The lowest BCUT2D eigenvalue weighted by Crippen LogP contribution is -2.28. The molecule has 12 heavy (non-hydrogen) atoms. The van der Waals surface area contributed by atoms with Gasteiger partial charge in [-0.05, 0) is 18.3 Å². The highest BCUT2D eigenvalue weighted by atomic mass is 35.5. The maximum absolute atomic E-state index is 8.36. The summed E-state index contributed by atoms with van der Waals surface area (Å²) < 4.78 is 0. The zero-order valence-corrected chi connectivity index (χ0v) is 8.17. The molecular weight excluding hydrogens is 174 g/mol. The van der Waals surface area contributed by atoms with E-state index in [9.17, 15) is 0 Å². The quantitative estimate of drug-likeness (QED) is 0.221. The van der Waals surface area contributed by atoms with Gasteiger partial charge in [0.1, 0.15) is 4.87 Å². The number of nitrogens with zero attached hydrogens (tertiary/aromatic N) is 1. The molecule has 0 spiro atoms. The third kappa shape index (κ3) is 2.24. The Kier molecular flexibility index (Phi) is 2.47. The van der Waals surface area contributed by atoms with Gasteiger partial charge in [0.15, 0.2) is 0 Å². The SMILES string of the molecule is CC1(C)C=CC(Cl)(C=NO)CC1. The van der Waals surface area contributed by atoms with E-state index >= 15 is 0 Å². The average molecular weight is 188 g/mol. The lowest BCUT2D eigenvalue weighted by molar-refractivity contribution is 0.317. The molecule has 0 aromatic rings. The molecule has 0 aromatic carbocycles. The van der Waals surface area contributed by atoms with Crippen LogP contribution in [-0.4, -0.2) is 16.3 Å². The molecule has 0 bridgehead atoms. The summed E-state index contributed by atoms with van der Waals surface area (Å²) in [6.45, 7) is 4.33. The van der Waals surface area contributed by atoms with Crippen LogP contribution < -0.4 is 0 Å². The smallest absolute Gasteiger partial charge is 0.101 e. The van der Waals surface area contributed by atoms with Gasteiger partial charge in [-0.25, -0.2) is 0 Å². The van der Waals surface area contributed by atoms with Crippen molar-refractivity contribution in [2.75, 3.05) is 0 Å². The minimum Gasteiger partial charge on any atom is -0.411 e. The van der Waals surface area contributed by atoms with Crippen molar-refractivity contribution >= 4 is 17.8 Å². The van der Waals surface area contributed by atoms with Gasteiger partial charge in [-0.2, -0.15) is 0 Å². The molecule has 0 saturated carbocycles. The lowest BCUT2D eigenvalue weighted by atomic mass is 9.79. The molecule has 68 valence electrons. The van der Waals surface area contributed by atoms with E-state index in [1.54, 1.807) is 0 Å². The maximum Gasteiger partial charge on any atom is 0.101 e. The third-order valence-electron chi connectivity index (χ3n) is 2.24. The predicted molar refractivity (Wildman–Crippen MR) is 51.0 cm³/mol. The number of alkyl halides is 1. The first kappa shape index (κ1) is 9.59. The Bertz CT molecular complexity index is 223. The molecular formula is C9H14ClNO. The summed E-state index contributed by atoms with van der Waals surface area (Å²) >= 11 is 6.11. The van der Waals surface area contributed by atoms with Crippen molar-refractivity contribution in [2.45, 2.75) is 31.6 Å². The Labute approximate surface area is 77.9 Å². The second-order valence-electron chi connectivity index (χ2n) is 3.99. The summed E-state index contributed by atoms with van der Waals surface area (Å²) in [5, 5.41) is 11.3. The van der Waals surface area contributed by atoms with E-state index in [1.807, 2.05) is 6.08 Å². The van der Waals surface area contributed by atoms with Crippen LogP contribution in [0.5, 0.6) is 0 Å². The molecule has 1 aliphatic rings.